The second kappa shape index (κ2) is 7.35. The predicted octanol–water partition coefficient (Wildman–Crippen LogP) is 2.34. The number of hydrogen-bond acceptors (Lipinski definition) is 3. The number of hydrogen-bond donors (Lipinski definition) is 2. The number of nitrogens with one attached hydrogen (secondary N) is 2. The molecule has 0 spiro atoms. The number of amides is 2. The summed E-state index contributed by atoms with van der Waals surface area (Å²) >= 11 is 0. The molecule has 0 aliphatic rings. The first-order chi connectivity index (χ1) is 11.0. The Morgan fingerprint density at radius 3 is 2.39 bits per heavy atom. The molecule has 0 heterocycles. The fraction of sp³-hybridized carbons (Fsp3) is 0.125. The molecular formula is C16H14F2N2O3. The van der Waals surface area contributed by atoms with Crippen molar-refractivity contribution < 1.29 is 23.1 Å². The molecule has 0 aromatic heterocycles. The topological polar surface area (TPSA) is 67.4 Å². The number of rotatable bonds is 5. The molecule has 23 heavy (non-hydrogen) atoms. The minimum absolute atomic E-state index is 0.330. The van der Waals surface area contributed by atoms with Crippen LogP contribution < -0.4 is 15.4 Å². The molecule has 0 unspecified atom stereocenters. The largest absolute Gasteiger partial charge is 0.497 e. The fourth-order valence-electron chi connectivity index (χ4n) is 1.81. The SMILES string of the molecule is COc1ccc(NC(=O)CNC(=O)c2ccc(F)cc2F)cc1. The monoisotopic (exact) mass is 320 g/mol. The van der Waals surface area contributed by atoms with E-state index in [0.29, 0.717) is 17.5 Å². The van der Waals surface area contributed by atoms with Crippen LogP contribution in [0.5, 0.6) is 5.75 Å². The summed E-state index contributed by atoms with van der Waals surface area (Å²) in [5.74, 6) is -2.41. The molecule has 7 heteroatoms. The molecule has 0 bridgehead atoms. The number of ether oxygens (including phenoxy) is 1. The van der Waals surface area contributed by atoms with E-state index in [1.165, 1.54) is 7.11 Å². The fourth-order valence-corrected chi connectivity index (χ4v) is 1.81. The van der Waals surface area contributed by atoms with E-state index >= 15 is 0 Å². The van der Waals surface area contributed by atoms with E-state index in [4.69, 9.17) is 4.74 Å². The molecule has 2 N–H and O–H groups in total. The summed E-state index contributed by atoms with van der Waals surface area (Å²) in [6.07, 6.45) is 0. The summed E-state index contributed by atoms with van der Waals surface area (Å²) in [5, 5.41) is 4.82. The van der Waals surface area contributed by atoms with E-state index in [1.54, 1.807) is 24.3 Å². The van der Waals surface area contributed by atoms with Crippen molar-refractivity contribution in [2.24, 2.45) is 0 Å². The maximum absolute atomic E-state index is 13.4. The minimum Gasteiger partial charge on any atom is -0.497 e. The molecule has 2 rings (SSSR count). The first-order valence-corrected chi connectivity index (χ1v) is 6.67. The van der Waals surface area contributed by atoms with Crippen molar-refractivity contribution in [3.05, 3.63) is 59.7 Å². The van der Waals surface area contributed by atoms with Gasteiger partial charge in [0.2, 0.25) is 5.91 Å². The second-order valence-electron chi connectivity index (χ2n) is 4.58. The standard InChI is InChI=1S/C16H14F2N2O3/c1-23-12-5-3-11(4-6-12)20-15(21)9-19-16(22)13-7-2-10(17)8-14(13)18/h2-8H,9H2,1H3,(H,19,22)(H,20,21). The van der Waals surface area contributed by atoms with Gasteiger partial charge in [-0.15, -0.1) is 0 Å². The van der Waals surface area contributed by atoms with E-state index in [-0.39, 0.29) is 12.1 Å². The van der Waals surface area contributed by atoms with Gasteiger partial charge in [-0.2, -0.15) is 0 Å². The molecule has 5 nitrogen and oxygen atoms in total. The van der Waals surface area contributed by atoms with Crippen molar-refractivity contribution >= 4 is 17.5 Å². The predicted molar refractivity (Wildman–Crippen MR) is 80.3 cm³/mol. The summed E-state index contributed by atoms with van der Waals surface area (Å²) in [6, 6.07) is 9.20. The van der Waals surface area contributed by atoms with Crippen molar-refractivity contribution in [2.75, 3.05) is 19.0 Å². The molecule has 2 aromatic carbocycles. The van der Waals surface area contributed by atoms with Crippen molar-refractivity contribution in [1.29, 1.82) is 0 Å². The number of halogens is 2. The third-order valence-electron chi connectivity index (χ3n) is 2.96. The molecule has 2 aromatic rings. The number of benzene rings is 2. The summed E-state index contributed by atoms with van der Waals surface area (Å²) in [6.45, 7) is -0.346. The number of methoxy groups -OCH3 is 1. The van der Waals surface area contributed by atoms with Gasteiger partial charge < -0.3 is 15.4 Å². The van der Waals surface area contributed by atoms with Crippen molar-refractivity contribution in [3.8, 4) is 5.75 Å². The Balaban J connectivity index is 1.89. The first kappa shape index (κ1) is 16.4. The third-order valence-corrected chi connectivity index (χ3v) is 2.96. The molecule has 0 aliphatic carbocycles. The van der Waals surface area contributed by atoms with Crippen LogP contribution in [0.25, 0.3) is 0 Å². The normalized spacial score (nSPS) is 10.0. The Bertz CT molecular complexity index is 718. The van der Waals surface area contributed by atoms with Gasteiger partial charge in [0.1, 0.15) is 17.4 Å². The van der Waals surface area contributed by atoms with Crippen LogP contribution in [0.15, 0.2) is 42.5 Å². The van der Waals surface area contributed by atoms with Gasteiger partial charge in [0.05, 0.1) is 19.2 Å². The molecule has 0 radical (unpaired) electrons. The van der Waals surface area contributed by atoms with E-state index in [0.717, 1.165) is 12.1 Å². The average Bonchev–Trinajstić information content (AvgIpc) is 2.53. The van der Waals surface area contributed by atoms with Crippen LogP contribution in [0.2, 0.25) is 0 Å². The third kappa shape index (κ3) is 4.50. The lowest BCUT2D eigenvalue weighted by Gasteiger charge is -2.08. The van der Waals surface area contributed by atoms with Crippen LogP contribution in [0.1, 0.15) is 10.4 Å². The Morgan fingerprint density at radius 1 is 1.09 bits per heavy atom. The van der Waals surface area contributed by atoms with Crippen molar-refractivity contribution in [2.45, 2.75) is 0 Å². The molecule has 120 valence electrons. The highest BCUT2D eigenvalue weighted by molar-refractivity contribution is 5.99. The number of anilines is 1. The molecule has 0 saturated carbocycles. The van der Waals surface area contributed by atoms with Gasteiger partial charge in [-0.25, -0.2) is 8.78 Å². The maximum atomic E-state index is 13.4. The lowest BCUT2D eigenvalue weighted by molar-refractivity contribution is -0.115. The minimum atomic E-state index is -0.988. The first-order valence-electron chi connectivity index (χ1n) is 6.67. The quantitative estimate of drug-likeness (QED) is 0.888. The van der Waals surface area contributed by atoms with Crippen LogP contribution in [0.3, 0.4) is 0 Å². The highest BCUT2D eigenvalue weighted by Gasteiger charge is 2.13. The van der Waals surface area contributed by atoms with Crippen LogP contribution in [-0.4, -0.2) is 25.5 Å². The zero-order valence-corrected chi connectivity index (χ0v) is 12.2. The van der Waals surface area contributed by atoms with Crippen LogP contribution in [0, 0.1) is 11.6 Å². The maximum Gasteiger partial charge on any atom is 0.254 e. The van der Waals surface area contributed by atoms with Gasteiger partial charge in [-0.3, -0.25) is 9.59 Å². The molecular weight excluding hydrogens is 306 g/mol. The van der Waals surface area contributed by atoms with Gasteiger partial charge in [-0.05, 0) is 36.4 Å². The van der Waals surface area contributed by atoms with E-state index in [9.17, 15) is 18.4 Å². The second-order valence-corrected chi connectivity index (χ2v) is 4.58. The highest BCUT2D eigenvalue weighted by Crippen LogP contribution is 2.14. The van der Waals surface area contributed by atoms with Crippen LogP contribution >= 0.6 is 0 Å². The number of carbonyl (C=O) groups is 2. The van der Waals surface area contributed by atoms with E-state index in [1.807, 2.05) is 0 Å². The van der Waals surface area contributed by atoms with E-state index < -0.39 is 23.4 Å². The van der Waals surface area contributed by atoms with Gasteiger partial charge in [0.25, 0.3) is 5.91 Å². The van der Waals surface area contributed by atoms with Crippen molar-refractivity contribution in [1.82, 2.24) is 5.32 Å². The smallest absolute Gasteiger partial charge is 0.254 e. The molecule has 2 amide bonds. The Morgan fingerprint density at radius 2 is 1.78 bits per heavy atom. The number of carbonyl (C=O) groups excluding carboxylic acids is 2. The Labute approximate surface area is 131 Å². The van der Waals surface area contributed by atoms with Gasteiger partial charge in [0.15, 0.2) is 0 Å². The molecule has 0 fully saturated rings. The lowest BCUT2D eigenvalue weighted by Crippen LogP contribution is -2.33. The van der Waals surface area contributed by atoms with Crippen molar-refractivity contribution in [3.63, 3.8) is 0 Å². The summed E-state index contributed by atoms with van der Waals surface area (Å²) < 4.78 is 31.2. The summed E-state index contributed by atoms with van der Waals surface area (Å²) in [5.41, 5.74) is 0.196. The summed E-state index contributed by atoms with van der Waals surface area (Å²) in [4.78, 5) is 23.5. The van der Waals surface area contributed by atoms with Crippen LogP contribution in [-0.2, 0) is 4.79 Å². The Hall–Kier alpha value is -2.96. The zero-order chi connectivity index (χ0) is 16.8. The average molecular weight is 320 g/mol. The molecule has 0 aliphatic heterocycles. The highest BCUT2D eigenvalue weighted by atomic mass is 19.1. The van der Waals surface area contributed by atoms with Gasteiger partial charge >= 0.3 is 0 Å². The van der Waals surface area contributed by atoms with E-state index in [2.05, 4.69) is 10.6 Å². The van der Waals surface area contributed by atoms with Gasteiger partial charge in [-0.1, -0.05) is 0 Å². The molecule has 0 saturated heterocycles. The Kier molecular flexibility index (Phi) is 5.24. The molecule has 0 atom stereocenters. The van der Waals surface area contributed by atoms with Gasteiger partial charge in [0, 0.05) is 11.8 Å². The lowest BCUT2D eigenvalue weighted by atomic mass is 10.2. The van der Waals surface area contributed by atoms with Crippen LogP contribution in [0.4, 0.5) is 14.5 Å². The zero-order valence-electron chi connectivity index (χ0n) is 12.2. The summed E-state index contributed by atoms with van der Waals surface area (Å²) in [7, 11) is 1.53.